The molecule has 0 bridgehead atoms. The quantitative estimate of drug-likeness (QED) is 0.865. The lowest BCUT2D eigenvalue weighted by Gasteiger charge is -2.15. The van der Waals surface area contributed by atoms with Crippen LogP contribution >= 0.6 is 11.3 Å². The first-order valence-corrected chi connectivity index (χ1v) is 7.91. The van der Waals surface area contributed by atoms with E-state index in [2.05, 4.69) is 31.1 Å². The van der Waals surface area contributed by atoms with Crippen molar-refractivity contribution in [1.82, 2.24) is 4.98 Å². The third kappa shape index (κ3) is 3.58. The summed E-state index contributed by atoms with van der Waals surface area (Å²) in [5.41, 5.74) is 8.16. The van der Waals surface area contributed by atoms with Gasteiger partial charge in [-0.05, 0) is 12.5 Å². The summed E-state index contributed by atoms with van der Waals surface area (Å²) in [4.78, 5) is 4.58. The molecule has 1 aromatic heterocycles. The highest BCUT2D eigenvalue weighted by atomic mass is 32.1. The van der Waals surface area contributed by atoms with Crippen LogP contribution in [0.3, 0.4) is 0 Å². The van der Waals surface area contributed by atoms with Crippen molar-refractivity contribution in [3.8, 4) is 5.75 Å². The van der Waals surface area contributed by atoms with Gasteiger partial charge in [0, 0.05) is 22.9 Å². The summed E-state index contributed by atoms with van der Waals surface area (Å²) in [5.74, 6) is 1.33. The van der Waals surface area contributed by atoms with E-state index >= 15 is 0 Å². The van der Waals surface area contributed by atoms with Gasteiger partial charge in [0.2, 0.25) is 0 Å². The predicted molar refractivity (Wildman–Crippen MR) is 84.2 cm³/mol. The van der Waals surface area contributed by atoms with Crippen molar-refractivity contribution >= 4 is 11.3 Å². The largest absolute Gasteiger partial charge is 0.487 e. The van der Waals surface area contributed by atoms with Gasteiger partial charge in [-0.25, -0.2) is 4.98 Å². The van der Waals surface area contributed by atoms with Crippen LogP contribution in [0.1, 0.15) is 55.4 Å². The molecule has 108 valence electrons. The second kappa shape index (κ2) is 6.86. The van der Waals surface area contributed by atoms with E-state index in [-0.39, 0.29) is 6.04 Å². The standard InChI is InChI=1S/C16H22N2OS/c1-4-14(17)13-7-5-6-8-15(13)19-9-12-10-20-16(18-12)11(2)3/h5-8,10-11,14H,4,9,17H2,1-3H3. The summed E-state index contributed by atoms with van der Waals surface area (Å²) in [6.07, 6.45) is 0.897. The van der Waals surface area contributed by atoms with E-state index in [1.165, 1.54) is 0 Å². The van der Waals surface area contributed by atoms with Crippen LogP contribution in [0.2, 0.25) is 0 Å². The van der Waals surface area contributed by atoms with E-state index in [0.29, 0.717) is 12.5 Å². The summed E-state index contributed by atoms with van der Waals surface area (Å²) in [6, 6.07) is 8.00. The Balaban J connectivity index is 2.06. The second-order valence-corrected chi connectivity index (χ2v) is 6.06. The predicted octanol–water partition coefficient (Wildman–Crippen LogP) is 4.26. The molecule has 0 aliphatic heterocycles. The van der Waals surface area contributed by atoms with Crippen LogP contribution in [-0.4, -0.2) is 4.98 Å². The molecule has 1 unspecified atom stereocenters. The van der Waals surface area contributed by atoms with Gasteiger partial charge < -0.3 is 10.5 Å². The van der Waals surface area contributed by atoms with E-state index in [4.69, 9.17) is 10.5 Å². The van der Waals surface area contributed by atoms with Crippen LogP contribution in [0, 0.1) is 0 Å². The monoisotopic (exact) mass is 290 g/mol. The van der Waals surface area contributed by atoms with Crippen molar-refractivity contribution in [2.24, 2.45) is 5.73 Å². The van der Waals surface area contributed by atoms with Gasteiger partial charge in [0.05, 0.1) is 10.7 Å². The number of hydrogen-bond donors (Lipinski definition) is 1. The zero-order valence-electron chi connectivity index (χ0n) is 12.3. The Kier molecular flexibility index (Phi) is 5.15. The Bertz CT molecular complexity index is 551. The van der Waals surface area contributed by atoms with E-state index in [0.717, 1.165) is 28.4 Å². The van der Waals surface area contributed by atoms with Gasteiger partial charge in [-0.15, -0.1) is 11.3 Å². The number of thiazole rings is 1. The smallest absolute Gasteiger partial charge is 0.131 e. The number of aromatic nitrogens is 1. The van der Waals surface area contributed by atoms with Gasteiger partial charge >= 0.3 is 0 Å². The molecule has 0 radical (unpaired) electrons. The third-order valence-corrected chi connectivity index (χ3v) is 4.39. The number of hydrogen-bond acceptors (Lipinski definition) is 4. The van der Waals surface area contributed by atoms with Crippen LogP contribution < -0.4 is 10.5 Å². The van der Waals surface area contributed by atoms with Gasteiger partial charge in [-0.1, -0.05) is 39.0 Å². The minimum absolute atomic E-state index is 0.0212. The maximum Gasteiger partial charge on any atom is 0.131 e. The average molecular weight is 290 g/mol. The van der Waals surface area contributed by atoms with Gasteiger partial charge in [-0.2, -0.15) is 0 Å². The summed E-state index contributed by atoms with van der Waals surface area (Å²) >= 11 is 1.69. The van der Waals surface area contributed by atoms with Crippen LogP contribution in [0.15, 0.2) is 29.6 Å². The molecule has 20 heavy (non-hydrogen) atoms. The molecule has 0 saturated heterocycles. The van der Waals surface area contributed by atoms with Crippen molar-refractivity contribution in [1.29, 1.82) is 0 Å². The molecule has 0 aliphatic carbocycles. The minimum Gasteiger partial charge on any atom is -0.487 e. The maximum atomic E-state index is 6.11. The Hall–Kier alpha value is -1.39. The van der Waals surface area contributed by atoms with Crippen molar-refractivity contribution < 1.29 is 4.74 Å². The lowest BCUT2D eigenvalue weighted by atomic mass is 10.0. The molecule has 2 N–H and O–H groups in total. The Labute approximate surface area is 124 Å². The fraction of sp³-hybridized carbons (Fsp3) is 0.438. The molecule has 3 nitrogen and oxygen atoms in total. The SMILES string of the molecule is CCC(N)c1ccccc1OCc1csc(C(C)C)n1. The number of nitrogens with two attached hydrogens (primary N) is 1. The van der Waals surface area contributed by atoms with Gasteiger partial charge in [-0.3, -0.25) is 0 Å². The number of ether oxygens (including phenoxy) is 1. The fourth-order valence-electron chi connectivity index (χ4n) is 1.94. The number of rotatable bonds is 6. The molecule has 1 heterocycles. The van der Waals surface area contributed by atoms with Crippen LogP contribution in [0.5, 0.6) is 5.75 Å². The molecule has 0 aliphatic rings. The first kappa shape index (κ1) is 15.0. The summed E-state index contributed by atoms with van der Waals surface area (Å²) in [7, 11) is 0. The van der Waals surface area contributed by atoms with Crippen LogP contribution in [0.25, 0.3) is 0 Å². The van der Waals surface area contributed by atoms with E-state index in [9.17, 15) is 0 Å². The third-order valence-electron chi connectivity index (χ3n) is 3.20. The highest BCUT2D eigenvalue weighted by molar-refractivity contribution is 7.09. The van der Waals surface area contributed by atoms with Gasteiger partial charge in [0.15, 0.2) is 0 Å². The fourth-order valence-corrected chi connectivity index (χ4v) is 2.76. The zero-order chi connectivity index (χ0) is 14.5. The maximum absolute atomic E-state index is 6.11. The van der Waals surface area contributed by atoms with E-state index in [1.54, 1.807) is 11.3 Å². The lowest BCUT2D eigenvalue weighted by molar-refractivity contribution is 0.296. The van der Waals surface area contributed by atoms with Crippen molar-refractivity contribution in [2.75, 3.05) is 0 Å². The first-order chi connectivity index (χ1) is 9.61. The molecule has 0 saturated carbocycles. The summed E-state index contributed by atoms with van der Waals surface area (Å²) in [5, 5.41) is 3.22. The summed E-state index contributed by atoms with van der Waals surface area (Å²) < 4.78 is 5.90. The second-order valence-electron chi connectivity index (χ2n) is 5.17. The highest BCUT2D eigenvalue weighted by Crippen LogP contribution is 2.26. The van der Waals surface area contributed by atoms with Crippen LogP contribution in [0.4, 0.5) is 0 Å². The van der Waals surface area contributed by atoms with Crippen molar-refractivity contribution in [3.05, 3.63) is 45.9 Å². The molecule has 1 aromatic carbocycles. The van der Waals surface area contributed by atoms with E-state index < -0.39 is 0 Å². The van der Waals surface area contributed by atoms with Crippen LogP contribution in [-0.2, 0) is 6.61 Å². The molecule has 0 fully saturated rings. The Morgan fingerprint density at radius 1 is 1.30 bits per heavy atom. The van der Waals surface area contributed by atoms with Gasteiger partial charge in [0.1, 0.15) is 12.4 Å². The lowest BCUT2D eigenvalue weighted by Crippen LogP contribution is -2.10. The van der Waals surface area contributed by atoms with E-state index in [1.807, 2.05) is 24.3 Å². The molecule has 2 aromatic rings. The average Bonchev–Trinajstić information content (AvgIpc) is 2.93. The minimum atomic E-state index is 0.0212. The molecule has 1 atom stereocenters. The molecule has 0 amide bonds. The zero-order valence-corrected chi connectivity index (χ0v) is 13.1. The Morgan fingerprint density at radius 2 is 2.05 bits per heavy atom. The Morgan fingerprint density at radius 3 is 2.70 bits per heavy atom. The normalized spacial score (nSPS) is 12.7. The van der Waals surface area contributed by atoms with Crippen molar-refractivity contribution in [2.45, 2.75) is 45.8 Å². The molecule has 2 rings (SSSR count). The molecular formula is C16H22N2OS. The summed E-state index contributed by atoms with van der Waals surface area (Å²) in [6.45, 7) is 6.88. The first-order valence-electron chi connectivity index (χ1n) is 7.03. The van der Waals surface area contributed by atoms with Crippen molar-refractivity contribution in [3.63, 3.8) is 0 Å². The highest BCUT2D eigenvalue weighted by Gasteiger charge is 2.11. The number of nitrogens with zero attached hydrogens (tertiary/aromatic N) is 1. The molecule has 0 spiro atoms. The number of benzene rings is 1. The molecular weight excluding hydrogens is 268 g/mol. The van der Waals surface area contributed by atoms with Gasteiger partial charge in [0.25, 0.3) is 0 Å². The number of para-hydroxylation sites is 1. The topological polar surface area (TPSA) is 48.1 Å². The molecule has 4 heteroatoms.